The minimum absolute atomic E-state index is 0.0688. The smallest absolute Gasteiger partial charge is 0.315 e. The molecule has 278 valence electrons. The van der Waals surface area contributed by atoms with Crippen LogP contribution < -0.4 is 32.0 Å². The summed E-state index contributed by atoms with van der Waals surface area (Å²) < 4.78 is 9.94. The van der Waals surface area contributed by atoms with Crippen molar-refractivity contribution in [2.75, 3.05) is 47.1 Å². The molecule has 0 aliphatic carbocycles. The predicted octanol–water partition coefficient (Wildman–Crippen LogP) is 1.25. The first-order chi connectivity index (χ1) is 23.8. The fourth-order valence-corrected chi connectivity index (χ4v) is 4.96. The molecular formula is C35H55N7O8. The molecule has 4 atom stereocenters. The molecule has 2 aromatic carbocycles. The van der Waals surface area contributed by atoms with Gasteiger partial charge in [0, 0.05) is 40.4 Å². The number of nitrogens with zero attached hydrogens (tertiary/aromatic N) is 1. The molecule has 0 aromatic heterocycles. The quantitative estimate of drug-likeness (QED) is 0.0697. The summed E-state index contributed by atoms with van der Waals surface area (Å²) in [6.07, 6.45) is -0.972. The maximum Gasteiger partial charge on any atom is 0.315 e. The zero-order valence-electron chi connectivity index (χ0n) is 29.9. The third-order valence-corrected chi connectivity index (χ3v) is 7.73. The number of ether oxygens (including phenoxy) is 2. The van der Waals surface area contributed by atoms with Gasteiger partial charge in [0.2, 0.25) is 5.91 Å². The van der Waals surface area contributed by atoms with Crippen LogP contribution in [-0.2, 0) is 32.0 Å². The van der Waals surface area contributed by atoms with Crippen molar-refractivity contribution in [2.24, 2.45) is 11.8 Å². The number of aliphatic hydroxyl groups excluding tert-OH is 1. The molecule has 0 fully saturated rings. The Hall–Kier alpha value is -4.44. The molecule has 8 N–H and O–H groups in total. The van der Waals surface area contributed by atoms with E-state index in [2.05, 4.69) is 32.0 Å². The number of carbonyl (C=O) groups excluding carboxylic acids is 4. The first-order valence-electron chi connectivity index (χ1n) is 16.8. The molecule has 0 radical (unpaired) electrons. The lowest BCUT2D eigenvalue weighted by molar-refractivity contribution is -0.131. The van der Waals surface area contributed by atoms with Crippen molar-refractivity contribution >= 4 is 23.9 Å². The van der Waals surface area contributed by atoms with Crippen LogP contribution in [0, 0.1) is 11.8 Å². The van der Waals surface area contributed by atoms with Gasteiger partial charge in [-0.15, -0.1) is 0 Å². The van der Waals surface area contributed by atoms with E-state index in [1.165, 1.54) is 31.4 Å². The zero-order chi connectivity index (χ0) is 37.1. The fraction of sp³-hybridized carbons (Fsp3) is 0.543. The van der Waals surface area contributed by atoms with Gasteiger partial charge in [-0.2, -0.15) is 0 Å². The number of carbonyl (C=O) groups is 4. The van der Waals surface area contributed by atoms with E-state index >= 15 is 0 Å². The number of rotatable bonds is 21. The van der Waals surface area contributed by atoms with Gasteiger partial charge < -0.3 is 46.3 Å². The van der Waals surface area contributed by atoms with E-state index in [0.717, 1.165) is 5.56 Å². The highest BCUT2D eigenvalue weighted by atomic mass is 16.5. The van der Waals surface area contributed by atoms with E-state index in [1.807, 2.05) is 30.3 Å². The lowest BCUT2D eigenvalue weighted by atomic mass is 9.98. The van der Waals surface area contributed by atoms with E-state index in [4.69, 9.17) is 9.47 Å². The summed E-state index contributed by atoms with van der Waals surface area (Å²) in [6, 6.07) is 12.0. The molecule has 6 amide bonds. The summed E-state index contributed by atoms with van der Waals surface area (Å²) in [5, 5.41) is 36.7. The van der Waals surface area contributed by atoms with Crippen molar-refractivity contribution in [3.05, 3.63) is 65.7 Å². The van der Waals surface area contributed by atoms with Gasteiger partial charge in [-0.05, 0) is 41.5 Å². The van der Waals surface area contributed by atoms with Gasteiger partial charge in [-0.25, -0.2) is 14.6 Å². The maximum atomic E-state index is 13.7. The molecule has 0 bridgehead atoms. The lowest BCUT2D eigenvalue weighted by Gasteiger charge is -2.33. The summed E-state index contributed by atoms with van der Waals surface area (Å²) in [7, 11) is 3.03. The number of benzene rings is 2. The van der Waals surface area contributed by atoms with Crippen LogP contribution in [-0.4, -0.2) is 110 Å². The third-order valence-electron chi connectivity index (χ3n) is 7.73. The number of hydrogen-bond acceptors (Lipinski definition) is 9. The molecule has 2 aromatic rings. The molecule has 0 aliphatic heterocycles. The number of amides is 6. The number of methoxy groups -OCH3 is 2. The number of nitrogens with one attached hydrogen (secondary N) is 6. The lowest BCUT2D eigenvalue weighted by Crippen LogP contribution is -2.60. The molecule has 15 nitrogen and oxygen atoms in total. The molecule has 0 spiro atoms. The van der Waals surface area contributed by atoms with Crippen molar-refractivity contribution in [3.63, 3.8) is 0 Å². The second-order valence-electron chi connectivity index (χ2n) is 12.6. The monoisotopic (exact) mass is 701 g/mol. The Balaban J connectivity index is 2.33. The summed E-state index contributed by atoms with van der Waals surface area (Å²) in [5.41, 5.74) is 4.41. The van der Waals surface area contributed by atoms with E-state index in [-0.39, 0.29) is 50.2 Å². The highest BCUT2D eigenvalue weighted by Gasteiger charge is 2.32. The standard InChI is InChI=1S/C35H55N7O8/c1-23(2)30(39-34(47)36-16-18-49-5)32(45)38-28(20-25-10-8-7-9-11-25)29(44)22-42(21-26-12-14-27(43)15-13-26)41-33(46)31(24(3)4)40-35(48)37-17-19-50-6/h7-15,23-24,28-31,43-44H,16-22H2,1-6H3,(H,38,45)(H,41,46)(H2,36,39,47)(H2,37,40,48)/t28?,29?,30-,31-/m0/s1. The summed E-state index contributed by atoms with van der Waals surface area (Å²) in [6.45, 7) is 8.31. The number of phenols is 1. The van der Waals surface area contributed by atoms with Gasteiger partial charge in [-0.3, -0.25) is 15.0 Å². The van der Waals surface area contributed by atoms with Crippen molar-refractivity contribution in [3.8, 4) is 5.75 Å². The van der Waals surface area contributed by atoms with Crippen LogP contribution in [0.3, 0.4) is 0 Å². The number of hydrazine groups is 1. The Morgan fingerprint density at radius 1 is 0.720 bits per heavy atom. The van der Waals surface area contributed by atoms with Gasteiger partial charge in [0.05, 0.1) is 25.4 Å². The third kappa shape index (κ3) is 15.4. The molecular weight excluding hydrogens is 646 g/mol. The molecule has 50 heavy (non-hydrogen) atoms. The van der Waals surface area contributed by atoms with Crippen LogP contribution in [0.25, 0.3) is 0 Å². The van der Waals surface area contributed by atoms with Crippen LogP contribution in [0.4, 0.5) is 9.59 Å². The number of hydrogen-bond donors (Lipinski definition) is 8. The fourth-order valence-electron chi connectivity index (χ4n) is 4.96. The zero-order valence-corrected chi connectivity index (χ0v) is 29.9. The van der Waals surface area contributed by atoms with E-state index in [9.17, 15) is 29.4 Å². The molecule has 2 rings (SSSR count). The number of aliphatic hydroxyl groups is 1. The minimum atomic E-state index is -1.22. The van der Waals surface area contributed by atoms with Crippen molar-refractivity contribution in [1.29, 1.82) is 0 Å². The maximum absolute atomic E-state index is 13.7. The van der Waals surface area contributed by atoms with Crippen LogP contribution in [0.15, 0.2) is 54.6 Å². The largest absolute Gasteiger partial charge is 0.508 e. The number of urea groups is 2. The van der Waals surface area contributed by atoms with Crippen LogP contribution in [0.5, 0.6) is 5.75 Å². The molecule has 15 heteroatoms. The Labute approximate surface area is 294 Å². The Bertz CT molecular complexity index is 1310. The number of phenolic OH excluding ortho intramolecular Hbond substituents is 1. The van der Waals surface area contributed by atoms with Crippen LogP contribution >= 0.6 is 0 Å². The van der Waals surface area contributed by atoms with Crippen molar-refractivity contribution in [2.45, 2.75) is 64.9 Å². The second-order valence-corrected chi connectivity index (χ2v) is 12.6. The highest BCUT2D eigenvalue weighted by Crippen LogP contribution is 2.14. The Kier molecular flexibility index (Phi) is 18.6. The molecule has 2 unspecified atom stereocenters. The van der Waals surface area contributed by atoms with E-state index in [1.54, 1.807) is 39.8 Å². The average Bonchev–Trinajstić information content (AvgIpc) is 3.07. The molecule has 0 aliphatic rings. The van der Waals surface area contributed by atoms with Crippen LogP contribution in [0.2, 0.25) is 0 Å². The van der Waals surface area contributed by atoms with Gasteiger partial charge in [0.25, 0.3) is 5.91 Å². The second kappa shape index (κ2) is 22.3. The van der Waals surface area contributed by atoms with Gasteiger partial charge in [0.15, 0.2) is 0 Å². The molecule has 0 saturated heterocycles. The Morgan fingerprint density at radius 2 is 1.24 bits per heavy atom. The summed E-state index contributed by atoms with van der Waals surface area (Å²) in [5.74, 6) is -1.50. The minimum Gasteiger partial charge on any atom is -0.508 e. The van der Waals surface area contributed by atoms with Crippen molar-refractivity contribution < 1.29 is 38.9 Å². The topological polar surface area (TPSA) is 203 Å². The van der Waals surface area contributed by atoms with E-state index < -0.39 is 48.1 Å². The van der Waals surface area contributed by atoms with Gasteiger partial charge in [0.1, 0.15) is 17.8 Å². The summed E-state index contributed by atoms with van der Waals surface area (Å²) in [4.78, 5) is 52.3. The first kappa shape index (κ1) is 41.7. The molecule has 0 saturated carbocycles. The predicted molar refractivity (Wildman–Crippen MR) is 189 cm³/mol. The highest BCUT2D eigenvalue weighted by molar-refractivity contribution is 5.88. The van der Waals surface area contributed by atoms with E-state index in [0.29, 0.717) is 18.8 Å². The molecule has 0 heterocycles. The summed E-state index contributed by atoms with van der Waals surface area (Å²) >= 11 is 0. The SMILES string of the molecule is COCCNC(=O)N[C@H](C(=O)NC(Cc1ccccc1)C(O)CN(Cc1ccc(O)cc1)NC(=O)[C@@H](NC(=O)NCCOC)C(C)C)C(C)C. The van der Waals surface area contributed by atoms with Gasteiger partial charge >= 0.3 is 12.1 Å². The first-order valence-corrected chi connectivity index (χ1v) is 16.8. The van der Waals surface area contributed by atoms with Gasteiger partial charge in [-0.1, -0.05) is 70.2 Å². The Morgan fingerprint density at radius 3 is 1.74 bits per heavy atom. The number of aromatic hydroxyl groups is 1. The average molecular weight is 702 g/mol. The normalized spacial score (nSPS) is 13.6. The van der Waals surface area contributed by atoms with Crippen molar-refractivity contribution in [1.82, 2.24) is 37.0 Å². The van der Waals surface area contributed by atoms with Crippen LogP contribution in [0.1, 0.15) is 38.8 Å².